The molecule has 0 aromatic carbocycles. The topological polar surface area (TPSA) is 60.9 Å². The van der Waals surface area contributed by atoms with E-state index < -0.39 is 6.04 Å². The van der Waals surface area contributed by atoms with Gasteiger partial charge in [0.05, 0.1) is 0 Å². The summed E-state index contributed by atoms with van der Waals surface area (Å²) in [5.74, 6) is 0.0813. The van der Waals surface area contributed by atoms with Gasteiger partial charge in [0.25, 0.3) is 0 Å². The van der Waals surface area contributed by atoms with Gasteiger partial charge >= 0.3 is 0 Å². The molecule has 0 bridgehead atoms. The van der Waals surface area contributed by atoms with E-state index in [0.717, 1.165) is 32.4 Å². The Morgan fingerprint density at radius 1 is 1.17 bits per heavy atom. The van der Waals surface area contributed by atoms with Crippen LogP contribution in [0.2, 0.25) is 0 Å². The number of piperidine rings is 1. The van der Waals surface area contributed by atoms with E-state index in [-0.39, 0.29) is 18.4 Å². The maximum absolute atomic E-state index is 12.4. The lowest BCUT2D eigenvalue weighted by Gasteiger charge is -2.34. The highest BCUT2D eigenvalue weighted by molar-refractivity contribution is 5.88. The van der Waals surface area contributed by atoms with Crippen molar-refractivity contribution in [1.29, 1.82) is 0 Å². The molecule has 1 unspecified atom stereocenters. The Labute approximate surface area is 108 Å². The van der Waals surface area contributed by atoms with Gasteiger partial charge in [0, 0.05) is 32.7 Å². The zero-order chi connectivity index (χ0) is 13.0. The van der Waals surface area contributed by atoms with Crippen molar-refractivity contribution in [3.63, 3.8) is 0 Å². The Hall–Kier alpha value is -1.10. The van der Waals surface area contributed by atoms with Crippen LogP contribution in [0.3, 0.4) is 0 Å². The smallest absolute Gasteiger partial charge is 0.245 e. The molecule has 0 aromatic heterocycles. The molecule has 2 aliphatic rings. The first-order chi connectivity index (χ1) is 8.74. The van der Waals surface area contributed by atoms with Crippen LogP contribution in [0, 0.1) is 0 Å². The van der Waals surface area contributed by atoms with Crippen LogP contribution in [0.25, 0.3) is 0 Å². The van der Waals surface area contributed by atoms with Gasteiger partial charge in [-0.15, -0.1) is 0 Å². The van der Waals surface area contributed by atoms with Gasteiger partial charge in [-0.1, -0.05) is 0 Å². The second-order valence-electron chi connectivity index (χ2n) is 5.10. The highest BCUT2D eigenvalue weighted by Gasteiger charge is 2.34. The molecule has 2 aliphatic heterocycles. The molecule has 1 atom stereocenters. The van der Waals surface area contributed by atoms with Gasteiger partial charge in [-0.05, 0) is 32.1 Å². The molecule has 2 rings (SSSR count). The fraction of sp³-hybridized carbons (Fsp3) is 0.846. The molecule has 0 aromatic rings. The van der Waals surface area contributed by atoms with Crippen molar-refractivity contribution in [2.45, 2.75) is 44.6 Å². The summed E-state index contributed by atoms with van der Waals surface area (Å²) in [7, 11) is 0. The van der Waals surface area contributed by atoms with E-state index in [2.05, 4.69) is 0 Å². The minimum absolute atomic E-state index is 0.0269. The van der Waals surface area contributed by atoms with E-state index in [1.54, 1.807) is 4.90 Å². The lowest BCUT2D eigenvalue weighted by Crippen LogP contribution is -2.50. The van der Waals surface area contributed by atoms with E-state index >= 15 is 0 Å². The number of hydrogen-bond acceptors (Lipinski definition) is 3. The van der Waals surface area contributed by atoms with E-state index in [1.165, 1.54) is 6.42 Å². The Kier molecular flexibility index (Phi) is 4.58. The molecule has 18 heavy (non-hydrogen) atoms. The predicted octanol–water partition coefficient (Wildman–Crippen LogP) is 0.372. The highest BCUT2D eigenvalue weighted by Crippen LogP contribution is 2.19. The van der Waals surface area contributed by atoms with Crippen LogP contribution in [-0.2, 0) is 9.59 Å². The summed E-state index contributed by atoms with van der Waals surface area (Å²) in [6.45, 7) is 2.20. The monoisotopic (exact) mass is 254 g/mol. The van der Waals surface area contributed by atoms with Crippen molar-refractivity contribution in [2.24, 2.45) is 0 Å². The van der Waals surface area contributed by atoms with Gasteiger partial charge in [-0.2, -0.15) is 0 Å². The molecule has 0 radical (unpaired) electrons. The third-order valence-corrected chi connectivity index (χ3v) is 3.84. The Morgan fingerprint density at radius 2 is 1.89 bits per heavy atom. The largest absolute Gasteiger partial charge is 0.396 e. The van der Waals surface area contributed by atoms with Gasteiger partial charge in [0.2, 0.25) is 11.8 Å². The maximum Gasteiger partial charge on any atom is 0.245 e. The third-order valence-electron chi connectivity index (χ3n) is 3.84. The molecule has 102 valence electrons. The highest BCUT2D eigenvalue weighted by atomic mass is 16.3. The van der Waals surface area contributed by atoms with Crippen molar-refractivity contribution in [3.05, 3.63) is 0 Å². The summed E-state index contributed by atoms with van der Waals surface area (Å²) < 4.78 is 0. The van der Waals surface area contributed by atoms with Crippen LogP contribution in [0.4, 0.5) is 0 Å². The Balaban J connectivity index is 2.03. The zero-order valence-corrected chi connectivity index (χ0v) is 10.8. The second kappa shape index (κ2) is 6.18. The fourth-order valence-corrected chi connectivity index (χ4v) is 2.86. The van der Waals surface area contributed by atoms with E-state index in [9.17, 15) is 9.59 Å². The van der Waals surface area contributed by atoms with E-state index in [4.69, 9.17) is 5.11 Å². The molecule has 0 spiro atoms. The molecule has 2 fully saturated rings. The van der Waals surface area contributed by atoms with E-state index in [1.807, 2.05) is 4.90 Å². The molecule has 5 heteroatoms. The van der Waals surface area contributed by atoms with Crippen LogP contribution in [0.5, 0.6) is 0 Å². The molecule has 2 saturated heterocycles. The molecule has 0 saturated carbocycles. The predicted molar refractivity (Wildman–Crippen MR) is 66.9 cm³/mol. The standard InChI is InChI=1S/C13H22N2O3/c16-10-6-11(15-9-4-5-12(15)17)13(18)14-7-2-1-3-8-14/h11,16H,1-10H2. The van der Waals surface area contributed by atoms with Crippen molar-refractivity contribution in [3.8, 4) is 0 Å². The van der Waals surface area contributed by atoms with Gasteiger partial charge < -0.3 is 14.9 Å². The number of amides is 2. The molecular weight excluding hydrogens is 232 g/mol. The number of likely N-dealkylation sites (tertiary alicyclic amines) is 2. The SMILES string of the molecule is O=C(C(CCO)N1CCCC1=O)N1CCCCC1. The average molecular weight is 254 g/mol. The summed E-state index contributed by atoms with van der Waals surface area (Å²) in [6, 6.07) is -0.442. The summed E-state index contributed by atoms with van der Waals surface area (Å²) in [6.07, 6.45) is 5.00. The number of carbonyl (C=O) groups is 2. The van der Waals surface area contributed by atoms with Crippen LogP contribution >= 0.6 is 0 Å². The maximum atomic E-state index is 12.4. The third kappa shape index (κ3) is 2.83. The van der Waals surface area contributed by atoms with Crippen molar-refractivity contribution >= 4 is 11.8 Å². The second-order valence-corrected chi connectivity index (χ2v) is 5.10. The lowest BCUT2D eigenvalue weighted by molar-refractivity contribution is -0.144. The minimum Gasteiger partial charge on any atom is -0.396 e. The van der Waals surface area contributed by atoms with Crippen LogP contribution < -0.4 is 0 Å². The number of hydrogen-bond donors (Lipinski definition) is 1. The normalized spacial score (nSPS) is 22.4. The van der Waals surface area contributed by atoms with Crippen molar-refractivity contribution < 1.29 is 14.7 Å². The number of rotatable bonds is 4. The quantitative estimate of drug-likeness (QED) is 0.788. The van der Waals surface area contributed by atoms with Gasteiger partial charge in [-0.25, -0.2) is 0 Å². The first-order valence-corrected chi connectivity index (χ1v) is 6.93. The van der Waals surface area contributed by atoms with Gasteiger partial charge in [0.1, 0.15) is 6.04 Å². The number of aliphatic hydroxyl groups excluding tert-OH is 1. The van der Waals surface area contributed by atoms with Crippen molar-refractivity contribution in [2.75, 3.05) is 26.2 Å². The average Bonchev–Trinajstić information content (AvgIpc) is 2.82. The van der Waals surface area contributed by atoms with Crippen molar-refractivity contribution in [1.82, 2.24) is 9.80 Å². The molecule has 2 heterocycles. The minimum atomic E-state index is -0.442. The van der Waals surface area contributed by atoms with Gasteiger partial charge in [-0.3, -0.25) is 9.59 Å². The van der Waals surface area contributed by atoms with Crippen LogP contribution in [-0.4, -0.2) is 59.0 Å². The zero-order valence-electron chi connectivity index (χ0n) is 10.8. The number of nitrogens with zero attached hydrogens (tertiary/aromatic N) is 2. The number of aliphatic hydroxyl groups is 1. The van der Waals surface area contributed by atoms with E-state index in [0.29, 0.717) is 19.4 Å². The molecule has 2 amide bonds. The summed E-state index contributed by atoms with van der Waals surface area (Å²) in [5.41, 5.74) is 0. The van der Waals surface area contributed by atoms with Gasteiger partial charge in [0.15, 0.2) is 0 Å². The molecular formula is C13H22N2O3. The number of carbonyl (C=O) groups excluding carboxylic acids is 2. The molecule has 5 nitrogen and oxygen atoms in total. The summed E-state index contributed by atoms with van der Waals surface area (Å²) in [5, 5.41) is 9.12. The molecule has 1 N–H and O–H groups in total. The van der Waals surface area contributed by atoms with Crippen LogP contribution in [0.15, 0.2) is 0 Å². The first-order valence-electron chi connectivity index (χ1n) is 6.93. The molecule has 0 aliphatic carbocycles. The summed E-state index contributed by atoms with van der Waals surface area (Å²) >= 11 is 0. The Morgan fingerprint density at radius 3 is 2.44 bits per heavy atom. The first kappa shape index (κ1) is 13.3. The summed E-state index contributed by atoms with van der Waals surface area (Å²) in [4.78, 5) is 27.7. The fourth-order valence-electron chi connectivity index (χ4n) is 2.86. The lowest BCUT2D eigenvalue weighted by atomic mass is 10.1. The van der Waals surface area contributed by atoms with Crippen LogP contribution in [0.1, 0.15) is 38.5 Å². The Bertz CT molecular complexity index is 313.